The first kappa shape index (κ1) is 26.2. The summed E-state index contributed by atoms with van der Waals surface area (Å²) in [5.74, 6) is -0.649. The maximum Gasteiger partial charge on any atom is 1.00 e. The second-order valence-corrected chi connectivity index (χ2v) is 10.6. The summed E-state index contributed by atoms with van der Waals surface area (Å²) in [4.78, 5) is 4.02. The van der Waals surface area contributed by atoms with Crippen LogP contribution in [0.2, 0.25) is 0 Å². The fourth-order valence-corrected chi connectivity index (χ4v) is 5.62. The number of hydrogen-bond donors (Lipinski definition) is 2. The minimum absolute atomic E-state index is 0. The van der Waals surface area contributed by atoms with E-state index in [0.29, 0.717) is 32.0 Å². The van der Waals surface area contributed by atoms with Crippen molar-refractivity contribution in [3.05, 3.63) is 71.8 Å². The Morgan fingerprint density at radius 2 is 1.78 bits per heavy atom. The maximum absolute atomic E-state index is 13.4. The number of nitrogens with zero attached hydrogens (tertiary/aromatic N) is 3. The van der Waals surface area contributed by atoms with Crippen LogP contribution in [0.25, 0.3) is 31.6 Å². The molecule has 1 heterocycles. The first-order valence-electron chi connectivity index (χ1n) is 10.5. The molecule has 0 saturated carbocycles. The van der Waals surface area contributed by atoms with Gasteiger partial charge in [0, 0.05) is 16.6 Å². The normalized spacial score (nSPS) is 11.9. The van der Waals surface area contributed by atoms with Gasteiger partial charge in [0.2, 0.25) is 0 Å². The van der Waals surface area contributed by atoms with Crippen molar-refractivity contribution in [3.63, 3.8) is 0 Å². The molecule has 0 atom stereocenters. The van der Waals surface area contributed by atoms with E-state index in [1.54, 1.807) is 30.3 Å². The molecule has 0 spiro atoms. The standard InChI is InChI=1S/C25H20N4O4S2.Na/c1-13-6-8-19(14(2)10-13)28-29-22-21(35(31,32)33)12-18-17(23(22)30)7-9-20-24(18)34-25(27-20)15-4-3-5-16(26)11-15;/h3-12,30H,26H2,1-2H3,(H,31,32,33);/q;+1/p-1. The predicted molar refractivity (Wildman–Crippen MR) is 136 cm³/mol. The van der Waals surface area contributed by atoms with E-state index in [0.717, 1.165) is 16.7 Å². The molecule has 0 fully saturated rings. The summed E-state index contributed by atoms with van der Waals surface area (Å²) >= 11 is 1.30. The molecule has 0 aliphatic heterocycles. The Hall–Kier alpha value is -2.86. The topological polar surface area (TPSA) is 141 Å². The minimum Gasteiger partial charge on any atom is -0.871 e. The molecule has 3 N–H and O–H groups in total. The van der Waals surface area contributed by atoms with Gasteiger partial charge in [-0.3, -0.25) is 4.55 Å². The monoisotopic (exact) mass is 526 g/mol. The molecule has 5 rings (SSSR count). The number of fused-ring (bicyclic) bond motifs is 3. The first-order chi connectivity index (χ1) is 16.6. The average molecular weight is 527 g/mol. The van der Waals surface area contributed by atoms with Crippen molar-refractivity contribution >= 4 is 59.5 Å². The molecular formula is C25H19N4NaO4S2. The molecule has 0 aliphatic rings. The molecule has 176 valence electrons. The van der Waals surface area contributed by atoms with Gasteiger partial charge in [0.1, 0.15) is 9.90 Å². The first-order valence-corrected chi connectivity index (χ1v) is 12.8. The molecule has 11 heteroatoms. The predicted octanol–water partition coefficient (Wildman–Crippen LogP) is 3.06. The molecule has 0 amide bonds. The maximum atomic E-state index is 13.4. The van der Waals surface area contributed by atoms with Crippen LogP contribution >= 0.6 is 11.3 Å². The van der Waals surface area contributed by atoms with Crippen LogP contribution < -0.4 is 40.4 Å². The van der Waals surface area contributed by atoms with Crippen LogP contribution in [0, 0.1) is 13.8 Å². The van der Waals surface area contributed by atoms with Crippen molar-refractivity contribution in [1.29, 1.82) is 0 Å². The molecule has 0 radical (unpaired) electrons. The summed E-state index contributed by atoms with van der Waals surface area (Å²) in [6.45, 7) is 3.77. The third kappa shape index (κ3) is 4.88. The summed E-state index contributed by atoms with van der Waals surface area (Å²) < 4.78 is 35.1. The van der Waals surface area contributed by atoms with Gasteiger partial charge in [-0.2, -0.15) is 13.5 Å². The van der Waals surface area contributed by atoms with E-state index in [2.05, 4.69) is 15.2 Å². The third-order valence-corrected chi connectivity index (χ3v) is 7.61. The molecule has 0 saturated heterocycles. The Bertz CT molecular complexity index is 1780. The van der Waals surface area contributed by atoms with Crippen molar-refractivity contribution in [3.8, 4) is 16.3 Å². The number of benzene rings is 4. The number of anilines is 1. The zero-order chi connectivity index (χ0) is 24.9. The van der Waals surface area contributed by atoms with Crippen molar-refractivity contribution in [1.82, 2.24) is 4.98 Å². The van der Waals surface area contributed by atoms with Crippen molar-refractivity contribution in [2.45, 2.75) is 18.7 Å². The van der Waals surface area contributed by atoms with Crippen LogP contribution in [0.4, 0.5) is 17.1 Å². The number of azo groups is 1. The smallest absolute Gasteiger partial charge is 0.871 e. The number of hydrogen-bond acceptors (Lipinski definition) is 8. The van der Waals surface area contributed by atoms with Crippen LogP contribution in [0.15, 0.2) is 75.8 Å². The molecule has 0 bridgehead atoms. The molecule has 0 aliphatic carbocycles. The Kier molecular flexibility index (Phi) is 7.20. The van der Waals surface area contributed by atoms with Crippen LogP contribution in [0.1, 0.15) is 11.1 Å². The summed E-state index contributed by atoms with van der Waals surface area (Å²) in [6.07, 6.45) is 0. The number of rotatable bonds is 4. The molecule has 1 aromatic heterocycles. The van der Waals surface area contributed by atoms with E-state index in [-0.39, 0.29) is 34.9 Å². The van der Waals surface area contributed by atoms with Crippen LogP contribution in [0.5, 0.6) is 5.75 Å². The van der Waals surface area contributed by atoms with Crippen molar-refractivity contribution < 1.29 is 47.6 Å². The van der Waals surface area contributed by atoms with Gasteiger partial charge in [-0.25, -0.2) is 4.98 Å². The minimum atomic E-state index is -4.77. The van der Waals surface area contributed by atoms with E-state index in [4.69, 9.17) is 5.73 Å². The van der Waals surface area contributed by atoms with E-state index in [9.17, 15) is 18.1 Å². The van der Waals surface area contributed by atoms with Crippen LogP contribution in [-0.4, -0.2) is 18.0 Å². The molecule has 5 aromatic rings. The van der Waals surface area contributed by atoms with E-state index >= 15 is 0 Å². The van der Waals surface area contributed by atoms with Crippen molar-refractivity contribution in [2.24, 2.45) is 10.2 Å². The van der Waals surface area contributed by atoms with Gasteiger partial charge >= 0.3 is 29.6 Å². The zero-order valence-corrected chi connectivity index (χ0v) is 23.3. The van der Waals surface area contributed by atoms with Gasteiger partial charge in [0.15, 0.2) is 0 Å². The molecule has 8 nitrogen and oxygen atoms in total. The van der Waals surface area contributed by atoms with E-state index in [1.807, 2.05) is 38.1 Å². The van der Waals surface area contributed by atoms with Crippen LogP contribution in [-0.2, 0) is 10.1 Å². The van der Waals surface area contributed by atoms with Crippen LogP contribution in [0.3, 0.4) is 0 Å². The fourth-order valence-electron chi connectivity index (χ4n) is 3.90. The van der Waals surface area contributed by atoms with E-state index in [1.165, 1.54) is 17.4 Å². The summed E-state index contributed by atoms with van der Waals surface area (Å²) in [5.41, 5.74) is 9.75. The van der Waals surface area contributed by atoms with Gasteiger partial charge in [0.25, 0.3) is 10.1 Å². The van der Waals surface area contributed by atoms with Gasteiger partial charge < -0.3 is 10.8 Å². The number of aryl methyl sites for hydroxylation is 2. The molecule has 36 heavy (non-hydrogen) atoms. The second kappa shape index (κ2) is 9.89. The third-order valence-electron chi connectivity index (χ3n) is 5.59. The number of thiazole rings is 1. The summed E-state index contributed by atoms with van der Waals surface area (Å²) in [7, 11) is -4.77. The quantitative estimate of drug-likeness (QED) is 0.160. The van der Waals surface area contributed by atoms with Gasteiger partial charge in [-0.1, -0.05) is 41.6 Å². The number of nitrogen functional groups attached to an aromatic ring is 1. The van der Waals surface area contributed by atoms with Gasteiger partial charge in [0.05, 0.1) is 21.6 Å². The fraction of sp³-hybridized carbons (Fsp3) is 0.0800. The Morgan fingerprint density at radius 3 is 2.47 bits per heavy atom. The van der Waals surface area contributed by atoms with Gasteiger partial charge in [-0.05, 0) is 55.1 Å². The second-order valence-electron chi connectivity index (χ2n) is 8.17. The Morgan fingerprint density at radius 1 is 1.00 bits per heavy atom. The van der Waals surface area contributed by atoms with Gasteiger partial charge in [-0.15, -0.1) is 16.5 Å². The SMILES string of the molecule is Cc1ccc(N=Nc2c(S(=O)(=O)O)cc3c(ccc4nc(-c5cccc(N)c5)sc43)c2[O-])c(C)c1.[Na+]. The largest absolute Gasteiger partial charge is 1.00 e. The number of aromatic nitrogens is 1. The Balaban J connectivity index is 0.00000304. The van der Waals surface area contributed by atoms with Crippen molar-refractivity contribution in [2.75, 3.05) is 5.73 Å². The summed E-state index contributed by atoms with van der Waals surface area (Å²) in [5, 5.41) is 22.7. The average Bonchev–Trinajstić information content (AvgIpc) is 3.23. The van der Waals surface area contributed by atoms with E-state index < -0.39 is 26.5 Å². The Labute approximate surface area is 233 Å². The number of nitrogens with two attached hydrogens (primary N) is 1. The molecule has 0 unspecified atom stereocenters. The summed E-state index contributed by atoms with van der Waals surface area (Å²) in [6, 6.07) is 17.2. The molecule has 4 aromatic carbocycles. The zero-order valence-electron chi connectivity index (χ0n) is 19.7. The molecular weight excluding hydrogens is 507 g/mol.